The summed E-state index contributed by atoms with van der Waals surface area (Å²) in [5.74, 6) is -0.377. The Kier molecular flexibility index (Phi) is 4.54. The predicted molar refractivity (Wildman–Crippen MR) is 47.2 cm³/mol. The Bertz CT molecular complexity index is 161. The number of nitrogens with zero attached hydrogens (tertiary/aromatic N) is 1. The first-order valence-corrected chi connectivity index (χ1v) is 3.81. The van der Waals surface area contributed by atoms with Gasteiger partial charge in [-0.2, -0.15) is 5.43 Å². The zero-order chi connectivity index (χ0) is 9.61. The quantitative estimate of drug-likeness (QED) is 0.208. The van der Waals surface area contributed by atoms with E-state index >= 15 is 0 Å². The number of rotatable bonds is 5. The lowest BCUT2D eigenvalue weighted by Gasteiger charge is -2.23. The average Bonchev–Trinajstić information content (AvgIpc) is 1.96. The number of carbonyl (C=O) groups is 1. The van der Waals surface area contributed by atoms with Gasteiger partial charge in [0.15, 0.2) is 0 Å². The second-order valence-corrected chi connectivity index (χ2v) is 3.29. The molecule has 0 atom stereocenters. The molecular weight excluding hydrogens is 156 g/mol. The van der Waals surface area contributed by atoms with Crippen molar-refractivity contribution in [2.24, 2.45) is 0 Å². The molecule has 4 nitrogen and oxygen atoms in total. The minimum Gasteiger partial charge on any atom is -0.461 e. The molecule has 4 heteroatoms. The Balaban J connectivity index is 3.34. The maximum absolute atomic E-state index is 10.6. The number of nitrogens with one attached hydrogen (secondary N) is 1. The number of carbonyl (C=O) groups excluding carboxylic acids is 1. The number of esters is 1. The molecule has 0 saturated heterocycles. The van der Waals surface area contributed by atoms with Crippen LogP contribution in [0, 0.1) is 0 Å². The molecule has 0 amide bonds. The van der Waals surface area contributed by atoms with Crippen LogP contribution in [-0.4, -0.2) is 44.9 Å². The van der Waals surface area contributed by atoms with Gasteiger partial charge in [0.1, 0.15) is 6.61 Å². The van der Waals surface area contributed by atoms with Gasteiger partial charge >= 0.3 is 5.97 Å². The second-order valence-electron chi connectivity index (χ2n) is 3.29. The molecule has 0 spiro atoms. The summed E-state index contributed by atoms with van der Waals surface area (Å²) in [6, 6.07) is 0. The van der Waals surface area contributed by atoms with Gasteiger partial charge in [-0.3, -0.25) is 4.59 Å². The van der Waals surface area contributed by atoms with E-state index in [9.17, 15) is 4.79 Å². The van der Waals surface area contributed by atoms with Gasteiger partial charge in [-0.25, -0.2) is 4.79 Å². The lowest BCUT2D eigenvalue weighted by atomic mass is 10.6. The van der Waals surface area contributed by atoms with Gasteiger partial charge in [-0.1, -0.05) is 6.58 Å². The first-order valence-electron chi connectivity index (χ1n) is 3.81. The van der Waals surface area contributed by atoms with Crippen molar-refractivity contribution in [2.75, 3.05) is 34.3 Å². The summed E-state index contributed by atoms with van der Waals surface area (Å²) in [5, 5.41) is 0. The first-order chi connectivity index (χ1) is 5.45. The van der Waals surface area contributed by atoms with E-state index in [1.807, 2.05) is 21.1 Å². The standard InChI is InChI=1S/C8H17N2O2/c1-5-8(11)12-7-6-9-10(2,3)4/h5,9H,1,6-7H2,2-4H3/q+1. The molecule has 12 heavy (non-hydrogen) atoms. The van der Waals surface area contributed by atoms with E-state index < -0.39 is 0 Å². The van der Waals surface area contributed by atoms with E-state index in [1.165, 1.54) is 0 Å². The normalized spacial score (nSPS) is 10.9. The molecule has 0 aromatic carbocycles. The SMILES string of the molecule is C=CC(=O)OCCN[N+](C)(C)C. The molecule has 0 heterocycles. The largest absolute Gasteiger partial charge is 0.461 e. The van der Waals surface area contributed by atoms with Crippen LogP contribution in [0.1, 0.15) is 0 Å². The molecule has 0 unspecified atom stereocenters. The van der Waals surface area contributed by atoms with Crippen LogP contribution < -0.4 is 5.43 Å². The van der Waals surface area contributed by atoms with Crippen LogP contribution in [0.3, 0.4) is 0 Å². The minimum atomic E-state index is -0.377. The van der Waals surface area contributed by atoms with E-state index in [-0.39, 0.29) is 5.97 Å². The van der Waals surface area contributed by atoms with Crippen molar-refractivity contribution in [3.05, 3.63) is 12.7 Å². The third-order valence-electron chi connectivity index (χ3n) is 1.10. The lowest BCUT2D eigenvalue weighted by Crippen LogP contribution is -2.49. The number of ether oxygens (including phenoxy) is 1. The fourth-order valence-corrected chi connectivity index (χ4v) is 0.592. The molecule has 1 N–H and O–H groups in total. The summed E-state index contributed by atoms with van der Waals surface area (Å²) < 4.78 is 5.40. The number of hydrogen-bond acceptors (Lipinski definition) is 3. The molecule has 0 saturated carbocycles. The Morgan fingerprint density at radius 2 is 2.17 bits per heavy atom. The molecule has 70 valence electrons. The topological polar surface area (TPSA) is 38.3 Å². The van der Waals surface area contributed by atoms with Crippen molar-refractivity contribution < 1.29 is 14.1 Å². The zero-order valence-corrected chi connectivity index (χ0v) is 7.96. The van der Waals surface area contributed by atoms with Gasteiger partial charge in [0, 0.05) is 6.08 Å². The molecule has 0 bridgehead atoms. The number of quaternary nitrogens is 1. The van der Waals surface area contributed by atoms with E-state index in [0.29, 0.717) is 17.7 Å². The van der Waals surface area contributed by atoms with Crippen LogP contribution in [0.5, 0.6) is 0 Å². The molecule has 0 aromatic heterocycles. The van der Waals surface area contributed by atoms with Gasteiger partial charge in [0.25, 0.3) is 0 Å². The highest BCUT2D eigenvalue weighted by molar-refractivity contribution is 5.81. The average molecular weight is 173 g/mol. The van der Waals surface area contributed by atoms with E-state index in [2.05, 4.69) is 12.0 Å². The molecule has 0 fully saturated rings. The maximum atomic E-state index is 10.6. The van der Waals surface area contributed by atoms with Gasteiger partial charge in [-0.05, 0) is 0 Å². The lowest BCUT2D eigenvalue weighted by molar-refractivity contribution is -0.915. The van der Waals surface area contributed by atoms with E-state index in [1.54, 1.807) is 0 Å². The third-order valence-corrected chi connectivity index (χ3v) is 1.10. The van der Waals surface area contributed by atoms with Crippen molar-refractivity contribution in [1.29, 1.82) is 0 Å². The predicted octanol–water partition coefficient (Wildman–Crippen LogP) is -0.0736. The Hall–Kier alpha value is -0.870. The van der Waals surface area contributed by atoms with Gasteiger partial charge in [-0.15, -0.1) is 0 Å². The highest BCUT2D eigenvalue weighted by Crippen LogP contribution is 1.82. The Morgan fingerprint density at radius 1 is 1.58 bits per heavy atom. The van der Waals surface area contributed by atoms with Crippen molar-refractivity contribution in [1.82, 2.24) is 5.43 Å². The van der Waals surface area contributed by atoms with Crippen LogP contribution in [-0.2, 0) is 9.53 Å². The molecule has 0 aromatic rings. The highest BCUT2D eigenvalue weighted by Gasteiger charge is 2.04. The fourth-order valence-electron chi connectivity index (χ4n) is 0.592. The van der Waals surface area contributed by atoms with Gasteiger partial charge < -0.3 is 4.74 Å². The molecule has 0 radical (unpaired) electrons. The van der Waals surface area contributed by atoms with E-state index in [4.69, 9.17) is 4.74 Å². The van der Waals surface area contributed by atoms with E-state index in [0.717, 1.165) is 6.08 Å². The molecule has 0 aliphatic carbocycles. The van der Waals surface area contributed by atoms with Crippen LogP contribution >= 0.6 is 0 Å². The Labute approximate surface area is 73.4 Å². The van der Waals surface area contributed by atoms with Gasteiger partial charge in [0.05, 0.1) is 27.7 Å². The minimum absolute atomic E-state index is 0.375. The first kappa shape index (κ1) is 11.1. The molecule has 0 rings (SSSR count). The van der Waals surface area contributed by atoms with Crippen LogP contribution in [0.25, 0.3) is 0 Å². The monoisotopic (exact) mass is 173 g/mol. The third kappa shape index (κ3) is 7.24. The number of hydrogen-bond donors (Lipinski definition) is 1. The zero-order valence-electron chi connectivity index (χ0n) is 7.96. The van der Waals surface area contributed by atoms with Gasteiger partial charge in [0.2, 0.25) is 0 Å². The van der Waals surface area contributed by atoms with Crippen molar-refractivity contribution in [3.8, 4) is 0 Å². The second kappa shape index (κ2) is 4.90. The Morgan fingerprint density at radius 3 is 2.58 bits per heavy atom. The smallest absolute Gasteiger partial charge is 0.330 e. The van der Waals surface area contributed by atoms with Crippen LogP contribution in [0.4, 0.5) is 0 Å². The fraction of sp³-hybridized carbons (Fsp3) is 0.625. The van der Waals surface area contributed by atoms with Crippen molar-refractivity contribution >= 4 is 5.97 Å². The summed E-state index contributed by atoms with van der Waals surface area (Å²) in [7, 11) is 5.99. The highest BCUT2D eigenvalue weighted by atomic mass is 16.5. The summed E-state index contributed by atoms with van der Waals surface area (Å²) >= 11 is 0. The molecular formula is C8H17N2O2+. The summed E-state index contributed by atoms with van der Waals surface area (Å²) in [6.07, 6.45) is 1.16. The summed E-state index contributed by atoms with van der Waals surface area (Å²) in [6.45, 7) is 4.31. The van der Waals surface area contributed by atoms with Crippen molar-refractivity contribution in [2.45, 2.75) is 0 Å². The summed E-state index contributed by atoms with van der Waals surface area (Å²) in [4.78, 5) is 10.6. The van der Waals surface area contributed by atoms with Crippen molar-refractivity contribution in [3.63, 3.8) is 0 Å². The molecule has 0 aliphatic rings. The molecule has 0 aliphatic heterocycles. The van der Waals surface area contributed by atoms with Crippen LogP contribution in [0.15, 0.2) is 12.7 Å². The summed E-state index contributed by atoms with van der Waals surface area (Å²) in [5.41, 5.74) is 3.13. The maximum Gasteiger partial charge on any atom is 0.330 e. The van der Waals surface area contributed by atoms with Crippen LogP contribution in [0.2, 0.25) is 0 Å².